The van der Waals surface area contributed by atoms with E-state index in [9.17, 15) is 8.76 Å². The molecule has 0 aliphatic carbocycles. The molecule has 0 saturated heterocycles. The summed E-state index contributed by atoms with van der Waals surface area (Å²) >= 11 is -2.41. The van der Waals surface area contributed by atoms with E-state index in [0.29, 0.717) is 0 Å². The molecule has 0 rings (SSSR count). The zero-order chi connectivity index (χ0) is 7.11. The van der Waals surface area contributed by atoms with E-state index in [1.165, 1.54) is 6.26 Å². The van der Waals surface area contributed by atoms with E-state index in [-0.39, 0.29) is 0 Å². The van der Waals surface area contributed by atoms with E-state index in [2.05, 4.69) is 4.18 Å². The second-order valence-corrected chi connectivity index (χ2v) is 2.06. The minimum Gasteiger partial charge on any atom is -0.740 e. The summed E-state index contributed by atoms with van der Waals surface area (Å²) in [6.45, 7) is 2.00. The number of rotatable bonds is 4. The van der Waals surface area contributed by atoms with Crippen LogP contribution in [-0.4, -0.2) is 8.76 Å². The predicted octanol–water partition coefficient (Wildman–Crippen LogP) is 1.11. The average molecular weight is 149 g/mol. The zero-order valence-corrected chi connectivity index (χ0v) is 6.02. The van der Waals surface area contributed by atoms with E-state index in [1.807, 2.05) is 6.92 Å². The van der Waals surface area contributed by atoms with Gasteiger partial charge in [-0.25, -0.2) is 4.21 Å². The first-order valence-corrected chi connectivity index (χ1v) is 3.68. The van der Waals surface area contributed by atoms with Crippen LogP contribution in [0.2, 0.25) is 0 Å². The summed E-state index contributed by atoms with van der Waals surface area (Å²) in [4.78, 5) is 0. The van der Waals surface area contributed by atoms with Crippen molar-refractivity contribution in [2.75, 3.05) is 0 Å². The first kappa shape index (κ1) is 8.65. The number of allylic oxidation sites excluding steroid dienone is 1. The van der Waals surface area contributed by atoms with Gasteiger partial charge in [-0.1, -0.05) is 13.3 Å². The van der Waals surface area contributed by atoms with E-state index < -0.39 is 11.4 Å². The Morgan fingerprint density at radius 1 is 1.78 bits per heavy atom. The predicted molar refractivity (Wildman–Crippen MR) is 34.1 cm³/mol. The Balaban J connectivity index is 3.14. The molecule has 0 fully saturated rings. The SMILES string of the molecule is CCCC=COS(=O)[O-]. The molecular weight excluding hydrogens is 140 g/mol. The molecule has 0 aromatic rings. The average Bonchev–Trinajstić information content (AvgIpc) is 1.80. The van der Waals surface area contributed by atoms with E-state index in [1.54, 1.807) is 6.08 Å². The molecule has 1 unspecified atom stereocenters. The Hall–Kier alpha value is -0.350. The third-order valence-electron chi connectivity index (χ3n) is 0.686. The van der Waals surface area contributed by atoms with Crippen molar-refractivity contribution >= 4 is 11.4 Å². The number of hydrogen-bond donors (Lipinski definition) is 0. The molecule has 0 aliphatic heterocycles. The molecule has 0 radical (unpaired) electrons. The van der Waals surface area contributed by atoms with E-state index in [0.717, 1.165) is 12.8 Å². The Morgan fingerprint density at radius 2 is 2.44 bits per heavy atom. The van der Waals surface area contributed by atoms with Crippen LogP contribution in [0, 0.1) is 0 Å². The summed E-state index contributed by atoms with van der Waals surface area (Å²) in [5, 5.41) is 0. The second-order valence-electron chi connectivity index (χ2n) is 1.46. The van der Waals surface area contributed by atoms with Gasteiger partial charge in [0.25, 0.3) is 0 Å². The van der Waals surface area contributed by atoms with E-state index in [4.69, 9.17) is 0 Å². The van der Waals surface area contributed by atoms with Crippen molar-refractivity contribution < 1.29 is 12.9 Å². The molecule has 9 heavy (non-hydrogen) atoms. The molecule has 0 saturated carbocycles. The zero-order valence-electron chi connectivity index (χ0n) is 5.20. The van der Waals surface area contributed by atoms with Crippen LogP contribution >= 0.6 is 0 Å². The van der Waals surface area contributed by atoms with Crippen LogP contribution < -0.4 is 0 Å². The van der Waals surface area contributed by atoms with Crippen LogP contribution in [0.3, 0.4) is 0 Å². The maximum absolute atomic E-state index is 9.69. The maximum Gasteiger partial charge on any atom is 0.138 e. The molecule has 0 heterocycles. The van der Waals surface area contributed by atoms with Crippen LogP contribution in [0.25, 0.3) is 0 Å². The third-order valence-corrected chi connectivity index (χ3v) is 0.954. The van der Waals surface area contributed by atoms with Gasteiger partial charge in [0, 0.05) is 0 Å². The Bertz CT molecular complexity index is 111. The van der Waals surface area contributed by atoms with Gasteiger partial charge in [0.05, 0.1) is 6.26 Å². The summed E-state index contributed by atoms with van der Waals surface area (Å²) in [7, 11) is 0. The van der Waals surface area contributed by atoms with Crippen LogP contribution in [0.5, 0.6) is 0 Å². The summed E-state index contributed by atoms with van der Waals surface area (Å²) in [5.41, 5.74) is 0. The lowest BCUT2D eigenvalue weighted by atomic mass is 10.3. The lowest BCUT2D eigenvalue weighted by molar-refractivity contribution is 0.404. The van der Waals surface area contributed by atoms with Crippen molar-refractivity contribution in [1.29, 1.82) is 0 Å². The molecule has 0 aliphatic rings. The fraction of sp³-hybridized carbons (Fsp3) is 0.600. The van der Waals surface area contributed by atoms with Crippen molar-refractivity contribution in [2.45, 2.75) is 19.8 Å². The van der Waals surface area contributed by atoms with Crippen LogP contribution in [0.4, 0.5) is 0 Å². The fourth-order valence-corrected chi connectivity index (χ4v) is 0.489. The normalized spacial score (nSPS) is 14.0. The van der Waals surface area contributed by atoms with Gasteiger partial charge >= 0.3 is 0 Å². The highest BCUT2D eigenvalue weighted by Crippen LogP contribution is 1.89. The lowest BCUT2D eigenvalue weighted by Crippen LogP contribution is -1.85. The quantitative estimate of drug-likeness (QED) is 0.444. The van der Waals surface area contributed by atoms with Gasteiger partial charge in [-0.05, 0) is 12.5 Å². The molecule has 3 nitrogen and oxygen atoms in total. The molecule has 54 valence electrons. The first-order chi connectivity index (χ1) is 4.27. The maximum atomic E-state index is 9.69. The molecule has 0 aromatic carbocycles. The van der Waals surface area contributed by atoms with Crippen LogP contribution in [-0.2, 0) is 15.5 Å². The van der Waals surface area contributed by atoms with Crippen molar-refractivity contribution in [3.63, 3.8) is 0 Å². The highest BCUT2D eigenvalue weighted by Gasteiger charge is 1.73. The van der Waals surface area contributed by atoms with Gasteiger partial charge in [0.2, 0.25) is 0 Å². The topological polar surface area (TPSA) is 49.4 Å². The molecule has 0 aromatic heterocycles. The third kappa shape index (κ3) is 7.65. The fourth-order valence-electron chi connectivity index (χ4n) is 0.319. The molecule has 0 bridgehead atoms. The van der Waals surface area contributed by atoms with Crippen molar-refractivity contribution in [2.24, 2.45) is 0 Å². The van der Waals surface area contributed by atoms with Gasteiger partial charge < -0.3 is 8.74 Å². The summed E-state index contributed by atoms with van der Waals surface area (Å²) in [5.74, 6) is 0. The first-order valence-electron chi connectivity index (χ1n) is 2.68. The van der Waals surface area contributed by atoms with Crippen LogP contribution in [0.1, 0.15) is 19.8 Å². The van der Waals surface area contributed by atoms with Gasteiger partial charge in [-0.2, -0.15) is 0 Å². The van der Waals surface area contributed by atoms with Crippen molar-refractivity contribution in [3.05, 3.63) is 12.3 Å². The molecule has 0 N–H and O–H groups in total. The number of hydrogen-bond acceptors (Lipinski definition) is 3. The smallest absolute Gasteiger partial charge is 0.138 e. The monoisotopic (exact) mass is 149 g/mol. The van der Waals surface area contributed by atoms with Gasteiger partial charge in [-0.3, -0.25) is 0 Å². The van der Waals surface area contributed by atoms with Crippen LogP contribution in [0.15, 0.2) is 12.3 Å². The minimum atomic E-state index is -2.41. The molecular formula is C5H9O3S-. The van der Waals surface area contributed by atoms with Gasteiger partial charge in [0.15, 0.2) is 0 Å². The Kier molecular flexibility index (Phi) is 5.56. The molecule has 0 spiro atoms. The highest BCUT2D eigenvalue weighted by molar-refractivity contribution is 7.74. The van der Waals surface area contributed by atoms with Gasteiger partial charge in [0.1, 0.15) is 11.4 Å². The highest BCUT2D eigenvalue weighted by atomic mass is 32.2. The number of unbranched alkanes of at least 4 members (excludes halogenated alkanes) is 1. The summed E-state index contributed by atoms with van der Waals surface area (Å²) in [6, 6.07) is 0. The molecule has 0 amide bonds. The van der Waals surface area contributed by atoms with Crippen molar-refractivity contribution in [1.82, 2.24) is 0 Å². The molecule has 4 heteroatoms. The van der Waals surface area contributed by atoms with Crippen molar-refractivity contribution in [3.8, 4) is 0 Å². The summed E-state index contributed by atoms with van der Waals surface area (Å²) in [6.07, 6.45) is 4.67. The Labute approximate surface area is 57.2 Å². The van der Waals surface area contributed by atoms with E-state index >= 15 is 0 Å². The summed E-state index contributed by atoms with van der Waals surface area (Å²) < 4.78 is 23.5. The second kappa shape index (κ2) is 5.78. The lowest BCUT2D eigenvalue weighted by Gasteiger charge is -1.99. The van der Waals surface area contributed by atoms with Gasteiger partial charge in [-0.15, -0.1) is 0 Å². The minimum absolute atomic E-state index is 0.844. The largest absolute Gasteiger partial charge is 0.740 e. The Morgan fingerprint density at radius 3 is 2.89 bits per heavy atom. The molecule has 1 atom stereocenters. The standard InChI is InChI=1S/C5H10O3S/c1-2-3-4-5-8-9(6)7/h4-5H,2-3H2,1H3,(H,6,7)/p-1.